The molecule has 0 aliphatic heterocycles. The molecule has 1 atom stereocenters. The third-order valence-corrected chi connectivity index (χ3v) is 4.44. The first kappa shape index (κ1) is 15.7. The van der Waals surface area contributed by atoms with Crippen molar-refractivity contribution in [3.05, 3.63) is 15.9 Å². The van der Waals surface area contributed by atoms with E-state index in [0.717, 1.165) is 36.3 Å². The molecule has 0 amide bonds. The summed E-state index contributed by atoms with van der Waals surface area (Å²) in [7, 11) is 3.75. The van der Waals surface area contributed by atoms with Crippen molar-refractivity contribution in [2.45, 2.75) is 39.8 Å². The molecule has 0 aliphatic rings. The molecule has 5 heteroatoms. The first-order valence-corrected chi connectivity index (χ1v) is 7.21. The summed E-state index contributed by atoms with van der Waals surface area (Å²) >= 11 is 3.63. The van der Waals surface area contributed by atoms with Crippen molar-refractivity contribution < 1.29 is 4.74 Å². The zero-order chi connectivity index (χ0) is 13.7. The molecule has 0 fully saturated rings. The number of hydrogen-bond donors (Lipinski definition) is 0. The van der Waals surface area contributed by atoms with Crippen LogP contribution in [0, 0.1) is 6.92 Å². The number of halogens is 1. The third kappa shape index (κ3) is 3.80. The predicted octanol–water partition coefficient (Wildman–Crippen LogP) is 2.74. The van der Waals surface area contributed by atoms with Crippen LogP contribution >= 0.6 is 15.9 Å². The first-order chi connectivity index (χ1) is 8.51. The number of rotatable bonds is 7. The lowest BCUT2D eigenvalue weighted by Crippen LogP contribution is -2.35. The third-order valence-electron chi connectivity index (χ3n) is 3.41. The summed E-state index contributed by atoms with van der Waals surface area (Å²) in [5.41, 5.74) is 2.27. The lowest BCUT2D eigenvalue weighted by molar-refractivity contribution is 0.116. The highest BCUT2D eigenvalue weighted by Crippen LogP contribution is 2.22. The minimum Gasteiger partial charge on any atom is -0.383 e. The highest BCUT2D eigenvalue weighted by Gasteiger charge is 2.17. The highest BCUT2D eigenvalue weighted by atomic mass is 79.9. The molecule has 0 spiro atoms. The number of hydrogen-bond acceptors (Lipinski definition) is 3. The summed E-state index contributed by atoms with van der Waals surface area (Å²) in [5.74, 6) is 0. The molecule has 0 radical (unpaired) electrons. The summed E-state index contributed by atoms with van der Waals surface area (Å²) in [4.78, 5) is 2.44. The van der Waals surface area contributed by atoms with Crippen LogP contribution in [0.2, 0.25) is 0 Å². The summed E-state index contributed by atoms with van der Waals surface area (Å²) < 4.78 is 8.28. The summed E-state index contributed by atoms with van der Waals surface area (Å²) in [6, 6.07) is 0.544. The zero-order valence-corrected chi connectivity index (χ0v) is 13.6. The van der Waals surface area contributed by atoms with Crippen molar-refractivity contribution in [3.63, 3.8) is 0 Å². The van der Waals surface area contributed by atoms with Crippen molar-refractivity contribution in [1.29, 1.82) is 0 Å². The molecule has 104 valence electrons. The Morgan fingerprint density at radius 2 is 2.17 bits per heavy atom. The van der Waals surface area contributed by atoms with Gasteiger partial charge in [0.05, 0.1) is 22.5 Å². The Balaban J connectivity index is 2.81. The van der Waals surface area contributed by atoms with Gasteiger partial charge in [-0.3, -0.25) is 9.58 Å². The maximum Gasteiger partial charge on any atom is 0.0739 e. The molecule has 0 aromatic carbocycles. The first-order valence-electron chi connectivity index (χ1n) is 6.42. The normalized spacial score (nSPS) is 13.3. The van der Waals surface area contributed by atoms with Gasteiger partial charge in [0.15, 0.2) is 0 Å². The monoisotopic (exact) mass is 317 g/mol. The summed E-state index contributed by atoms with van der Waals surface area (Å²) in [5, 5.41) is 4.44. The van der Waals surface area contributed by atoms with E-state index in [0.29, 0.717) is 6.04 Å². The summed E-state index contributed by atoms with van der Waals surface area (Å²) in [6.45, 7) is 9.11. The van der Waals surface area contributed by atoms with E-state index in [4.69, 9.17) is 4.74 Å². The van der Waals surface area contributed by atoms with Crippen LogP contribution in [0.3, 0.4) is 0 Å². The van der Waals surface area contributed by atoms with Crippen LogP contribution in [-0.4, -0.2) is 41.0 Å². The molecule has 0 bridgehead atoms. The van der Waals surface area contributed by atoms with Crippen LogP contribution in [-0.2, 0) is 18.3 Å². The maximum absolute atomic E-state index is 5.19. The molecule has 1 rings (SSSR count). The average Bonchev–Trinajstić information content (AvgIpc) is 2.59. The van der Waals surface area contributed by atoms with Crippen LogP contribution in [0.4, 0.5) is 0 Å². The van der Waals surface area contributed by atoms with Crippen molar-refractivity contribution in [2.24, 2.45) is 7.05 Å². The Morgan fingerprint density at radius 1 is 1.50 bits per heavy atom. The van der Waals surface area contributed by atoms with E-state index >= 15 is 0 Å². The Labute approximate surface area is 118 Å². The SMILES string of the molecule is CCC(C)N(CCOC)Cc1c(Br)c(C)nn1C. The maximum atomic E-state index is 5.19. The van der Waals surface area contributed by atoms with Gasteiger partial charge < -0.3 is 4.74 Å². The topological polar surface area (TPSA) is 30.3 Å². The van der Waals surface area contributed by atoms with Gasteiger partial charge in [0.1, 0.15) is 0 Å². The minimum absolute atomic E-state index is 0.544. The van der Waals surface area contributed by atoms with Gasteiger partial charge in [-0.1, -0.05) is 6.92 Å². The van der Waals surface area contributed by atoms with Crippen molar-refractivity contribution in [1.82, 2.24) is 14.7 Å². The van der Waals surface area contributed by atoms with Crippen molar-refractivity contribution >= 4 is 15.9 Å². The van der Waals surface area contributed by atoms with Crippen molar-refractivity contribution in [2.75, 3.05) is 20.3 Å². The lowest BCUT2D eigenvalue weighted by atomic mass is 10.2. The second-order valence-corrected chi connectivity index (χ2v) is 5.48. The van der Waals surface area contributed by atoms with Crippen LogP contribution in [0.15, 0.2) is 4.47 Å². The van der Waals surface area contributed by atoms with E-state index in [1.807, 2.05) is 18.7 Å². The Morgan fingerprint density at radius 3 is 2.61 bits per heavy atom. The fourth-order valence-electron chi connectivity index (χ4n) is 1.97. The number of aryl methyl sites for hydroxylation is 2. The van der Waals surface area contributed by atoms with Gasteiger partial charge in [0, 0.05) is 33.3 Å². The van der Waals surface area contributed by atoms with E-state index in [2.05, 4.69) is 39.8 Å². The quantitative estimate of drug-likeness (QED) is 0.774. The van der Waals surface area contributed by atoms with Gasteiger partial charge in [0.2, 0.25) is 0 Å². The van der Waals surface area contributed by atoms with Crippen LogP contribution < -0.4 is 0 Å². The van der Waals surface area contributed by atoms with E-state index < -0.39 is 0 Å². The van der Waals surface area contributed by atoms with Crippen LogP contribution in [0.5, 0.6) is 0 Å². The van der Waals surface area contributed by atoms with Gasteiger partial charge in [-0.05, 0) is 36.2 Å². The lowest BCUT2D eigenvalue weighted by Gasteiger charge is -2.28. The standard InChI is InChI=1S/C13H24BrN3O/c1-6-10(2)17(7-8-18-5)9-12-13(14)11(3)15-16(12)4/h10H,6-9H2,1-5H3. The molecular weight excluding hydrogens is 294 g/mol. The van der Waals surface area contributed by atoms with Gasteiger partial charge in [-0.15, -0.1) is 0 Å². The molecule has 4 nitrogen and oxygen atoms in total. The largest absolute Gasteiger partial charge is 0.383 e. The zero-order valence-electron chi connectivity index (χ0n) is 12.0. The molecule has 0 aliphatic carbocycles. The molecule has 1 aromatic rings. The molecule has 1 heterocycles. The predicted molar refractivity (Wildman–Crippen MR) is 77.7 cm³/mol. The second kappa shape index (κ2) is 7.26. The fourth-order valence-corrected chi connectivity index (χ4v) is 2.43. The Bertz CT molecular complexity index is 379. The number of aromatic nitrogens is 2. The fraction of sp³-hybridized carbons (Fsp3) is 0.769. The molecule has 1 aromatic heterocycles. The molecule has 0 N–H and O–H groups in total. The van der Waals surface area contributed by atoms with Crippen LogP contribution in [0.1, 0.15) is 31.7 Å². The molecule has 0 saturated heterocycles. The van der Waals surface area contributed by atoms with Gasteiger partial charge in [-0.25, -0.2) is 0 Å². The van der Waals surface area contributed by atoms with Gasteiger partial charge in [-0.2, -0.15) is 5.10 Å². The number of nitrogens with zero attached hydrogens (tertiary/aromatic N) is 3. The molecule has 18 heavy (non-hydrogen) atoms. The van der Waals surface area contributed by atoms with Gasteiger partial charge >= 0.3 is 0 Å². The van der Waals surface area contributed by atoms with E-state index in [-0.39, 0.29) is 0 Å². The van der Waals surface area contributed by atoms with Crippen molar-refractivity contribution in [3.8, 4) is 0 Å². The molecule has 1 unspecified atom stereocenters. The average molecular weight is 318 g/mol. The minimum atomic E-state index is 0.544. The van der Waals surface area contributed by atoms with Crippen LogP contribution in [0.25, 0.3) is 0 Å². The highest BCUT2D eigenvalue weighted by molar-refractivity contribution is 9.10. The van der Waals surface area contributed by atoms with E-state index in [1.165, 1.54) is 5.69 Å². The number of methoxy groups -OCH3 is 1. The molecule has 0 saturated carbocycles. The number of ether oxygens (including phenoxy) is 1. The summed E-state index contributed by atoms with van der Waals surface area (Å²) in [6.07, 6.45) is 1.14. The Kier molecular flexibility index (Phi) is 6.32. The van der Waals surface area contributed by atoms with E-state index in [9.17, 15) is 0 Å². The smallest absolute Gasteiger partial charge is 0.0739 e. The second-order valence-electron chi connectivity index (χ2n) is 4.69. The van der Waals surface area contributed by atoms with E-state index in [1.54, 1.807) is 7.11 Å². The molecular formula is C13H24BrN3O. The Hall–Kier alpha value is -0.390. The van der Waals surface area contributed by atoms with Gasteiger partial charge in [0.25, 0.3) is 0 Å².